The third-order valence-corrected chi connectivity index (χ3v) is 1.47. The van der Waals surface area contributed by atoms with Gasteiger partial charge in [0.25, 0.3) is 0 Å². The molecule has 56 valence electrons. The van der Waals surface area contributed by atoms with Crippen LogP contribution in [0.2, 0.25) is 0 Å². The van der Waals surface area contributed by atoms with E-state index in [0.29, 0.717) is 17.7 Å². The molecule has 0 saturated heterocycles. The molecule has 0 amide bonds. The Balaban J connectivity index is 2.97. The van der Waals surface area contributed by atoms with E-state index < -0.39 is 0 Å². The molecule has 1 heterocycles. The molecule has 0 N–H and O–H groups in total. The molecule has 0 saturated carbocycles. The van der Waals surface area contributed by atoms with E-state index in [1.165, 1.54) is 0 Å². The van der Waals surface area contributed by atoms with E-state index in [-0.39, 0.29) is 0 Å². The minimum atomic E-state index is 0.354. The van der Waals surface area contributed by atoms with Crippen molar-refractivity contribution in [3.8, 4) is 6.01 Å². The van der Waals surface area contributed by atoms with Gasteiger partial charge in [-0.15, -0.1) is 16.7 Å². The highest BCUT2D eigenvalue weighted by atomic mass is 35.5. The lowest BCUT2D eigenvalue weighted by molar-refractivity contribution is 0.363. The summed E-state index contributed by atoms with van der Waals surface area (Å²) in [6.07, 6.45) is 0. The number of hydrogen-bond acceptors (Lipinski definition) is 3. The molecule has 0 radical (unpaired) electrons. The molecule has 4 nitrogen and oxygen atoms in total. The Morgan fingerprint density at radius 1 is 1.60 bits per heavy atom. The molecule has 0 aliphatic rings. The fraction of sp³-hybridized carbons (Fsp3) is 0.600. The topological polar surface area (TPSA) is 39.9 Å². The first-order valence-electron chi connectivity index (χ1n) is 2.77. The van der Waals surface area contributed by atoms with E-state index in [9.17, 15) is 0 Å². The Bertz CT molecular complexity index is 201. The summed E-state index contributed by atoms with van der Waals surface area (Å²) in [5, 5.41) is 7.47. The molecule has 5 heteroatoms. The van der Waals surface area contributed by atoms with Crippen molar-refractivity contribution in [2.24, 2.45) is 7.05 Å². The lowest BCUT2D eigenvalue weighted by atomic mass is 10.7. The average Bonchev–Trinajstić information content (AvgIpc) is 2.30. The van der Waals surface area contributed by atoms with E-state index in [1.54, 1.807) is 18.7 Å². The zero-order chi connectivity index (χ0) is 7.56. The van der Waals surface area contributed by atoms with Gasteiger partial charge in [-0.3, -0.25) is 4.57 Å². The second-order valence-corrected chi connectivity index (χ2v) is 2.06. The highest BCUT2D eigenvalue weighted by molar-refractivity contribution is 6.16. The number of nitrogens with zero attached hydrogens (tertiary/aromatic N) is 3. The summed E-state index contributed by atoms with van der Waals surface area (Å²) in [7, 11) is 3.35. The van der Waals surface area contributed by atoms with Crippen LogP contribution < -0.4 is 4.74 Å². The third kappa shape index (κ3) is 1.07. The maximum Gasteiger partial charge on any atom is 0.316 e. The summed E-state index contributed by atoms with van der Waals surface area (Å²) in [4.78, 5) is 0. The molecule has 0 atom stereocenters. The monoisotopic (exact) mass is 161 g/mol. The van der Waals surface area contributed by atoms with Gasteiger partial charge in [0.05, 0.1) is 13.0 Å². The Labute approximate surface area is 63.8 Å². The van der Waals surface area contributed by atoms with Gasteiger partial charge in [0.2, 0.25) is 0 Å². The highest BCUT2D eigenvalue weighted by Gasteiger charge is 2.05. The van der Waals surface area contributed by atoms with Gasteiger partial charge in [0.1, 0.15) is 5.82 Å². The number of halogens is 1. The molecule has 1 aromatic heterocycles. The minimum absolute atomic E-state index is 0.354. The van der Waals surface area contributed by atoms with Crippen LogP contribution >= 0.6 is 11.6 Å². The Morgan fingerprint density at radius 2 is 2.30 bits per heavy atom. The van der Waals surface area contributed by atoms with Crippen LogP contribution in [-0.4, -0.2) is 21.9 Å². The van der Waals surface area contributed by atoms with E-state index >= 15 is 0 Å². The molecule has 0 spiro atoms. The summed E-state index contributed by atoms with van der Waals surface area (Å²) in [6, 6.07) is 0.482. The highest BCUT2D eigenvalue weighted by Crippen LogP contribution is 2.07. The summed E-state index contributed by atoms with van der Waals surface area (Å²) in [6.45, 7) is 0. The zero-order valence-corrected chi connectivity index (χ0v) is 6.59. The Morgan fingerprint density at radius 3 is 2.60 bits per heavy atom. The second-order valence-electron chi connectivity index (χ2n) is 1.80. The molecule has 1 rings (SSSR count). The number of hydrogen-bond donors (Lipinski definition) is 0. The molecular formula is C5H8ClN3O. The minimum Gasteiger partial charge on any atom is -0.467 e. The number of alkyl halides is 1. The number of ether oxygens (including phenoxy) is 1. The van der Waals surface area contributed by atoms with E-state index in [2.05, 4.69) is 10.2 Å². The summed E-state index contributed by atoms with van der Waals surface area (Å²) in [5.74, 6) is 1.06. The van der Waals surface area contributed by atoms with Crippen molar-refractivity contribution in [2.45, 2.75) is 5.88 Å². The maximum absolute atomic E-state index is 5.52. The molecular weight excluding hydrogens is 154 g/mol. The molecule has 0 bridgehead atoms. The van der Waals surface area contributed by atoms with Gasteiger partial charge in [0.15, 0.2) is 0 Å². The quantitative estimate of drug-likeness (QED) is 0.596. The molecule has 0 unspecified atom stereocenters. The van der Waals surface area contributed by atoms with Crippen molar-refractivity contribution in [3.63, 3.8) is 0 Å². The van der Waals surface area contributed by atoms with Crippen molar-refractivity contribution in [1.82, 2.24) is 14.8 Å². The lowest BCUT2D eigenvalue weighted by Crippen LogP contribution is -1.97. The van der Waals surface area contributed by atoms with E-state index in [4.69, 9.17) is 16.3 Å². The molecule has 0 aliphatic carbocycles. The SMILES string of the molecule is COc1nnc(CCl)n1C. The Kier molecular flexibility index (Phi) is 2.11. The van der Waals surface area contributed by atoms with Crippen molar-refractivity contribution >= 4 is 11.6 Å². The normalized spacial score (nSPS) is 9.90. The van der Waals surface area contributed by atoms with Crippen LogP contribution in [0.25, 0.3) is 0 Å². The zero-order valence-electron chi connectivity index (χ0n) is 5.83. The first-order valence-corrected chi connectivity index (χ1v) is 3.31. The van der Waals surface area contributed by atoms with Crippen LogP contribution in [0.5, 0.6) is 6.01 Å². The van der Waals surface area contributed by atoms with Gasteiger partial charge in [-0.2, -0.15) is 0 Å². The molecule has 0 aliphatic heterocycles. The third-order valence-electron chi connectivity index (χ3n) is 1.23. The van der Waals surface area contributed by atoms with Crippen molar-refractivity contribution in [1.29, 1.82) is 0 Å². The van der Waals surface area contributed by atoms with Crippen LogP contribution in [0, 0.1) is 0 Å². The average molecular weight is 162 g/mol. The summed E-state index contributed by atoms with van der Waals surface area (Å²) in [5.41, 5.74) is 0. The maximum atomic E-state index is 5.52. The van der Waals surface area contributed by atoms with E-state index in [0.717, 1.165) is 0 Å². The number of rotatable bonds is 2. The largest absolute Gasteiger partial charge is 0.467 e. The lowest BCUT2D eigenvalue weighted by Gasteiger charge is -1.97. The van der Waals surface area contributed by atoms with Gasteiger partial charge in [-0.1, -0.05) is 5.10 Å². The first-order chi connectivity index (χ1) is 4.79. The van der Waals surface area contributed by atoms with Crippen LogP contribution in [0.3, 0.4) is 0 Å². The molecule has 0 fully saturated rings. The Hall–Kier alpha value is -0.770. The number of methoxy groups -OCH3 is 1. The van der Waals surface area contributed by atoms with Gasteiger partial charge in [0, 0.05) is 7.05 Å². The van der Waals surface area contributed by atoms with Crippen LogP contribution in [0.1, 0.15) is 5.82 Å². The van der Waals surface area contributed by atoms with Gasteiger partial charge in [-0.25, -0.2) is 0 Å². The predicted molar refractivity (Wildman–Crippen MR) is 37.1 cm³/mol. The van der Waals surface area contributed by atoms with Crippen molar-refractivity contribution < 1.29 is 4.74 Å². The molecule has 10 heavy (non-hydrogen) atoms. The standard InChI is InChI=1S/C5H8ClN3O/c1-9-4(3-6)7-8-5(9)10-2/h3H2,1-2H3. The smallest absolute Gasteiger partial charge is 0.316 e. The van der Waals surface area contributed by atoms with Gasteiger partial charge in [-0.05, 0) is 0 Å². The fourth-order valence-corrected chi connectivity index (χ4v) is 0.872. The second kappa shape index (κ2) is 2.88. The predicted octanol–water partition coefficient (Wildman–Crippen LogP) is 0.562. The fourth-order valence-electron chi connectivity index (χ4n) is 0.639. The van der Waals surface area contributed by atoms with Crippen LogP contribution in [0.15, 0.2) is 0 Å². The van der Waals surface area contributed by atoms with Crippen LogP contribution in [0.4, 0.5) is 0 Å². The summed E-state index contributed by atoms with van der Waals surface area (Å²) >= 11 is 5.52. The van der Waals surface area contributed by atoms with E-state index in [1.807, 2.05) is 0 Å². The van der Waals surface area contributed by atoms with Crippen molar-refractivity contribution in [2.75, 3.05) is 7.11 Å². The van der Waals surface area contributed by atoms with Crippen molar-refractivity contribution in [3.05, 3.63) is 5.82 Å². The number of aromatic nitrogens is 3. The van der Waals surface area contributed by atoms with Gasteiger partial charge >= 0.3 is 6.01 Å². The van der Waals surface area contributed by atoms with Gasteiger partial charge < -0.3 is 4.74 Å². The van der Waals surface area contributed by atoms with Crippen LogP contribution in [-0.2, 0) is 12.9 Å². The molecule has 0 aromatic carbocycles. The summed E-state index contributed by atoms with van der Waals surface area (Å²) < 4.78 is 6.56. The molecule has 1 aromatic rings. The first kappa shape index (κ1) is 7.34.